The largest absolute Gasteiger partial charge is 0.491 e. The maximum Gasteiger partial charge on any atom is 0.309 e. The van der Waals surface area contributed by atoms with Crippen molar-refractivity contribution in [1.29, 1.82) is 0 Å². The van der Waals surface area contributed by atoms with Crippen LogP contribution in [0, 0.1) is 11.7 Å². The summed E-state index contributed by atoms with van der Waals surface area (Å²) in [6, 6.07) is 3.11. The van der Waals surface area contributed by atoms with Gasteiger partial charge in [0, 0.05) is 16.5 Å². The quantitative estimate of drug-likeness (QED) is 0.777. The number of halogens is 2. The fourth-order valence-electron chi connectivity index (χ4n) is 2.18. The van der Waals surface area contributed by atoms with Crippen molar-refractivity contribution in [2.75, 3.05) is 13.2 Å². The van der Waals surface area contributed by atoms with Gasteiger partial charge in [-0.1, -0.05) is 11.6 Å². The van der Waals surface area contributed by atoms with E-state index in [1.165, 1.54) is 6.07 Å². The maximum absolute atomic E-state index is 14.3. The van der Waals surface area contributed by atoms with Crippen molar-refractivity contribution in [2.24, 2.45) is 5.92 Å². The Labute approximate surface area is 116 Å². The molecule has 3 nitrogen and oxygen atoms in total. The van der Waals surface area contributed by atoms with Gasteiger partial charge in [0.05, 0.1) is 19.1 Å². The molecular weight excluding hydrogens is 271 g/mol. The van der Waals surface area contributed by atoms with Crippen LogP contribution in [0.25, 0.3) is 0 Å². The first kappa shape index (κ1) is 14.1. The lowest BCUT2D eigenvalue weighted by Gasteiger charge is -2.10. The van der Waals surface area contributed by atoms with Crippen LogP contribution in [0.2, 0.25) is 5.02 Å². The third kappa shape index (κ3) is 2.84. The van der Waals surface area contributed by atoms with Crippen LogP contribution in [0.15, 0.2) is 12.1 Å². The second-order valence-electron chi connectivity index (χ2n) is 4.41. The SMILES string of the molecule is CCOC(=O)C1CC1c1c(Cl)ccc(OCC)c1F. The van der Waals surface area contributed by atoms with Crippen molar-refractivity contribution in [3.8, 4) is 5.75 Å². The summed E-state index contributed by atoms with van der Waals surface area (Å²) in [5, 5.41) is 0.331. The van der Waals surface area contributed by atoms with Gasteiger partial charge in [-0.3, -0.25) is 4.79 Å². The minimum Gasteiger partial charge on any atom is -0.491 e. The first-order valence-corrected chi connectivity index (χ1v) is 6.75. The number of carbonyl (C=O) groups is 1. The summed E-state index contributed by atoms with van der Waals surface area (Å²) in [7, 11) is 0. The number of ether oxygens (including phenoxy) is 2. The number of hydrogen-bond donors (Lipinski definition) is 0. The van der Waals surface area contributed by atoms with E-state index in [1.54, 1.807) is 19.9 Å². The zero-order chi connectivity index (χ0) is 14.0. The summed E-state index contributed by atoms with van der Waals surface area (Å²) in [4.78, 5) is 11.6. The highest BCUT2D eigenvalue weighted by molar-refractivity contribution is 6.31. The Morgan fingerprint density at radius 3 is 2.79 bits per heavy atom. The summed E-state index contributed by atoms with van der Waals surface area (Å²) in [6.07, 6.45) is 0.574. The molecule has 0 saturated heterocycles. The zero-order valence-electron chi connectivity index (χ0n) is 10.9. The van der Waals surface area contributed by atoms with Gasteiger partial charge in [0.2, 0.25) is 0 Å². The summed E-state index contributed by atoms with van der Waals surface area (Å²) in [5.74, 6) is -1.07. The molecule has 104 valence electrons. The Kier molecular flexibility index (Phi) is 4.30. The Bertz CT molecular complexity index is 490. The van der Waals surface area contributed by atoms with Gasteiger partial charge >= 0.3 is 5.97 Å². The van der Waals surface area contributed by atoms with Crippen LogP contribution >= 0.6 is 11.6 Å². The minimum atomic E-state index is -0.467. The third-order valence-corrected chi connectivity index (χ3v) is 3.47. The van der Waals surface area contributed by atoms with Gasteiger partial charge in [0.15, 0.2) is 11.6 Å². The summed E-state index contributed by atoms with van der Waals surface area (Å²) >= 11 is 6.04. The van der Waals surface area contributed by atoms with E-state index in [0.29, 0.717) is 30.2 Å². The molecule has 0 bridgehead atoms. The van der Waals surface area contributed by atoms with Gasteiger partial charge in [0.1, 0.15) is 0 Å². The molecule has 0 spiro atoms. The van der Waals surface area contributed by atoms with E-state index in [2.05, 4.69) is 0 Å². The Balaban J connectivity index is 2.22. The minimum absolute atomic E-state index is 0.177. The molecule has 0 aromatic heterocycles. The van der Waals surface area contributed by atoms with E-state index in [1.807, 2.05) is 0 Å². The van der Waals surface area contributed by atoms with E-state index in [4.69, 9.17) is 21.1 Å². The number of hydrogen-bond acceptors (Lipinski definition) is 3. The van der Waals surface area contributed by atoms with Gasteiger partial charge < -0.3 is 9.47 Å². The molecule has 0 amide bonds. The van der Waals surface area contributed by atoms with E-state index in [9.17, 15) is 9.18 Å². The summed E-state index contributed by atoms with van der Waals surface area (Å²) in [5.41, 5.74) is 0.366. The van der Waals surface area contributed by atoms with E-state index >= 15 is 0 Å². The van der Waals surface area contributed by atoms with E-state index in [0.717, 1.165) is 0 Å². The molecule has 2 rings (SSSR count). The molecular formula is C14H16ClFO3. The molecule has 1 saturated carbocycles. The first-order valence-electron chi connectivity index (χ1n) is 6.37. The third-order valence-electron chi connectivity index (χ3n) is 3.14. The lowest BCUT2D eigenvalue weighted by atomic mass is 10.1. The van der Waals surface area contributed by atoms with Gasteiger partial charge in [-0.15, -0.1) is 0 Å². The zero-order valence-corrected chi connectivity index (χ0v) is 11.7. The number of benzene rings is 1. The second kappa shape index (κ2) is 5.78. The van der Waals surface area contributed by atoms with E-state index < -0.39 is 5.82 Å². The van der Waals surface area contributed by atoms with Crippen LogP contribution in [0.5, 0.6) is 5.75 Å². The molecule has 2 atom stereocenters. The van der Waals surface area contributed by atoms with Crippen LogP contribution in [-0.2, 0) is 9.53 Å². The van der Waals surface area contributed by atoms with Crippen LogP contribution in [0.3, 0.4) is 0 Å². The molecule has 1 aromatic carbocycles. The number of rotatable bonds is 5. The van der Waals surface area contributed by atoms with Crippen molar-refractivity contribution in [2.45, 2.75) is 26.2 Å². The van der Waals surface area contributed by atoms with Crippen LogP contribution in [0.1, 0.15) is 31.7 Å². The average Bonchev–Trinajstić information content (AvgIpc) is 3.14. The van der Waals surface area contributed by atoms with Crippen molar-refractivity contribution < 1.29 is 18.7 Å². The molecule has 1 aliphatic rings. The van der Waals surface area contributed by atoms with Crippen molar-refractivity contribution in [1.82, 2.24) is 0 Å². The Morgan fingerprint density at radius 1 is 1.42 bits per heavy atom. The fourth-order valence-corrected chi connectivity index (χ4v) is 2.47. The molecule has 2 unspecified atom stereocenters. The molecule has 1 aromatic rings. The second-order valence-corrected chi connectivity index (χ2v) is 4.81. The molecule has 0 heterocycles. The smallest absolute Gasteiger partial charge is 0.309 e. The molecule has 1 aliphatic carbocycles. The Hall–Kier alpha value is -1.29. The normalized spacial score (nSPS) is 21.1. The molecule has 0 N–H and O–H groups in total. The van der Waals surface area contributed by atoms with Gasteiger partial charge in [-0.2, -0.15) is 0 Å². The highest BCUT2D eigenvalue weighted by Crippen LogP contribution is 2.52. The Morgan fingerprint density at radius 2 is 2.16 bits per heavy atom. The highest BCUT2D eigenvalue weighted by atomic mass is 35.5. The number of carbonyl (C=O) groups excluding carboxylic acids is 1. The average molecular weight is 287 g/mol. The van der Waals surface area contributed by atoms with Crippen LogP contribution < -0.4 is 4.74 Å². The highest BCUT2D eigenvalue weighted by Gasteiger charge is 2.47. The lowest BCUT2D eigenvalue weighted by molar-refractivity contribution is -0.144. The van der Waals surface area contributed by atoms with Crippen molar-refractivity contribution >= 4 is 17.6 Å². The fraction of sp³-hybridized carbons (Fsp3) is 0.500. The van der Waals surface area contributed by atoms with Gasteiger partial charge in [-0.05, 0) is 32.4 Å². The molecule has 1 fully saturated rings. The van der Waals surface area contributed by atoms with Crippen LogP contribution in [-0.4, -0.2) is 19.2 Å². The first-order chi connectivity index (χ1) is 9.10. The summed E-state index contributed by atoms with van der Waals surface area (Å²) < 4.78 is 24.4. The van der Waals surface area contributed by atoms with E-state index in [-0.39, 0.29) is 23.6 Å². The predicted molar refractivity (Wildman–Crippen MR) is 70.1 cm³/mol. The van der Waals surface area contributed by atoms with Crippen molar-refractivity contribution in [3.63, 3.8) is 0 Å². The van der Waals surface area contributed by atoms with Crippen LogP contribution in [0.4, 0.5) is 4.39 Å². The van der Waals surface area contributed by atoms with Gasteiger partial charge in [-0.25, -0.2) is 4.39 Å². The lowest BCUT2D eigenvalue weighted by Crippen LogP contribution is -2.08. The van der Waals surface area contributed by atoms with Gasteiger partial charge in [0.25, 0.3) is 0 Å². The molecule has 19 heavy (non-hydrogen) atoms. The monoisotopic (exact) mass is 286 g/mol. The molecule has 0 radical (unpaired) electrons. The standard InChI is InChI=1S/C14H16ClFO3/c1-3-18-11-6-5-10(15)12(13(11)16)8-7-9(8)14(17)19-4-2/h5-6,8-9H,3-4,7H2,1-2H3. The topological polar surface area (TPSA) is 35.5 Å². The van der Waals surface area contributed by atoms with Crippen molar-refractivity contribution in [3.05, 3.63) is 28.5 Å². The molecule has 5 heteroatoms. The number of esters is 1. The molecule has 0 aliphatic heterocycles. The predicted octanol–water partition coefficient (Wildman–Crippen LogP) is 3.54. The summed E-state index contributed by atoms with van der Waals surface area (Å²) in [6.45, 7) is 4.24. The maximum atomic E-state index is 14.3.